The Labute approximate surface area is 129 Å². The van der Waals surface area contributed by atoms with E-state index in [1.165, 1.54) is 16.0 Å². The molecule has 21 heavy (non-hydrogen) atoms. The summed E-state index contributed by atoms with van der Waals surface area (Å²) < 4.78 is 0. The molecular weight excluding hydrogens is 282 g/mol. The monoisotopic (exact) mass is 301 g/mol. The van der Waals surface area contributed by atoms with Crippen molar-refractivity contribution in [2.45, 2.75) is 31.6 Å². The maximum Gasteiger partial charge on any atom is 0.238 e. The third kappa shape index (κ3) is 2.22. The minimum Gasteiger partial charge on any atom is -0.274 e. The smallest absolute Gasteiger partial charge is 0.238 e. The molecule has 1 aliphatic heterocycles. The van der Waals surface area contributed by atoms with Gasteiger partial charge in [-0.05, 0) is 45.1 Å². The highest BCUT2D eigenvalue weighted by molar-refractivity contribution is 7.98. The molecule has 1 aromatic carbocycles. The molecule has 2 atom stereocenters. The average Bonchev–Trinajstić information content (AvgIpc) is 2.71. The normalized spacial score (nSPS) is 25.6. The molecule has 1 heterocycles. The van der Waals surface area contributed by atoms with Crippen molar-refractivity contribution in [3.63, 3.8) is 0 Å². The van der Waals surface area contributed by atoms with Gasteiger partial charge in [0, 0.05) is 4.90 Å². The lowest BCUT2D eigenvalue weighted by molar-refractivity contribution is -0.122. The molecule has 0 N–H and O–H groups in total. The number of benzene rings is 1. The second-order valence-corrected chi connectivity index (χ2v) is 6.71. The molecule has 4 heteroatoms. The van der Waals surface area contributed by atoms with Crippen molar-refractivity contribution in [1.29, 1.82) is 0 Å². The molecule has 0 spiro atoms. The van der Waals surface area contributed by atoms with E-state index in [1.807, 2.05) is 30.5 Å². The predicted octanol–water partition coefficient (Wildman–Crippen LogP) is 3.64. The maximum absolute atomic E-state index is 12.7. The van der Waals surface area contributed by atoms with Crippen molar-refractivity contribution in [2.24, 2.45) is 11.8 Å². The van der Waals surface area contributed by atoms with Gasteiger partial charge in [0.25, 0.3) is 0 Å². The van der Waals surface area contributed by atoms with E-state index in [0.717, 1.165) is 23.4 Å². The fourth-order valence-corrected chi connectivity index (χ4v) is 3.89. The van der Waals surface area contributed by atoms with Gasteiger partial charge in [-0.2, -0.15) is 0 Å². The minimum atomic E-state index is -0.170. The number of carbonyl (C=O) groups is 2. The average molecular weight is 301 g/mol. The molecule has 1 saturated heterocycles. The summed E-state index contributed by atoms with van der Waals surface area (Å²) >= 11 is 1.56. The number of para-hydroxylation sites is 1. The number of allylic oxidation sites excluding steroid dienone is 2. The van der Waals surface area contributed by atoms with Crippen molar-refractivity contribution in [2.75, 3.05) is 11.2 Å². The number of hydrogen-bond donors (Lipinski definition) is 0. The van der Waals surface area contributed by atoms with Crippen LogP contribution in [0.4, 0.5) is 5.69 Å². The highest BCUT2D eigenvalue weighted by Gasteiger charge is 2.49. The van der Waals surface area contributed by atoms with Crippen LogP contribution in [0.3, 0.4) is 0 Å². The first-order valence-corrected chi connectivity index (χ1v) is 8.43. The number of anilines is 1. The Balaban J connectivity index is 2.00. The summed E-state index contributed by atoms with van der Waals surface area (Å²) in [5, 5.41) is 0. The fraction of sp³-hybridized carbons (Fsp3) is 0.412. The standard InChI is InChI=1S/C17H19NO2S/c1-10-8-12-13(9-11(10)2)17(20)18(16(12)19)14-6-4-5-7-15(14)21-3/h4-7,12-13H,8-9H2,1-3H3/t12-,13+. The topological polar surface area (TPSA) is 37.4 Å². The summed E-state index contributed by atoms with van der Waals surface area (Å²) in [5.74, 6) is -0.399. The lowest BCUT2D eigenvalue weighted by Crippen LogP contribution is -2.31. The van der Waals surface area contributed by atoms with Crippen molar-refractivity contribution in [3.05, 3.63) is 35.4 Å². The van der Waals surface area contributed by atoms with Gasteiger partial charge in [0.1, 0.15) is 0 Å². The molecule has 1 aliphatic carbocycles. The molecule has 110 valence electrons. The number of imide groups is 1. The Bertz CT molecular complexity index is 618. The minimum absolute atomic E-state index is 0.0293. The lowest BCUT2D eigenvalue weighted by Gasteiger charge is -2.23. The number of hydrogen-bond acceptors (Lipinski definition) is 3. The molecule has 1 aromatic rings. The predicted molar refractivity (Wildman–Crippen MR) is 85.3 cm³/mol. The Morgan fingerprint density at radius 2 is 1.52 bits per heavy atom. The molecular formula is C17H19NO2S. The molecule has 2 aliphatic rings. The Morgan fingerprint density at radius 3 is 2.05 bits per heavy atom. The lowest BCUT2D eigenvalue weighted by atomic mass is 9.78. The van der Waals surface area contributed by atoms with Crippen LogP contribution < -0.4 is 4.90 Å². The highest BCUT2D eigenvalue weighted by atomic mass is 32.2. The van der Waals surface area contributed by atoms with E-state index in [-0.39, 0.29) is 23.7 Å². The van der Waals surface area contributed by atoms with Crippen LogP contribution in [0.1, 0.15) is 26.7 Å². The van der Waals surface area contributed by atoms with Crippen LogP contribution in [0, 0.1) is 11.8 Å². The molecule has 2 amide bonds. The first kappa shape index (κ1) is 14.4. The van der Waals surface area contributed by atoms with Gasteiger partial charge in [-0.3, -0.25) is 9.59 Å². The molecule has 3 rings (SSSR count). The van der Waals surface area contributed by atoms with E-state index in [9.17, 15) is 9.59 Å². The van der Waals surface area contributed by atoms with Crippen LogP contribution in [-0.4, -0.2) is 18.1 Å². The summed E-state index contributed by atoms with van der Waals surface area (Å²) in [4.78, 5) is 27.9. The summed E-state index contributed by atoms with van der Waals surface area (Å²) in [6, 6.07) is 7.64. The number of carbonyl (C=O) groups excluding carboxylic acids is 2. The third-order valence-electron chi connectivity index (χ3n) is 4.67. The Kier molecular flexibility index (Phi) is 3.66. The third-order valence-corrected chi connectivity index (χ3v) is 5.45. The van der Waals surface area contributed by atoms with Gasteiger partial charge >= 0.3 is 0 Å². The first-order chi connectivity index (χ1) is 10.0. The number of nitrogens with zero attached hydrogens (tertiary/aromatic N) is 1. The van der Waals surface area contributed by atoms with E-state index < -0.39 is 0 Å². The zero-order chi connectivity index (χ0) is 15.1. The van der Waals surface area contributed by atoms with Gasteiger partial charge in [0.15, 0.2) is 0 Å². The van der Waals surface area contributed by atoms with Gasteiger partial charge in [-0.15, -0.1) is 11.8 Å². The summed E-state index contributed by atoms with van der Waals surface area (Å²) in [6.07, 6.45) is 3.41. The molecule has 0 aromatic heterocycles. The second kappa shape index (κ2) is 5.34. The molecule has 0 radical (unpaired) electrons. The van der Waals surface area contributed by atoms with Gasteiger partial charge < -0.3 is 0 Å². The number of fused-ring (bicyclic) bond motifs is 1. The number of amides is 2. The van der Waals surface area contributed by atoms with Gasteiger partial charge in [-0.25, -0.2) is 4.90 Å². The summed E-state index contributed by atoms with van der Waals surface area (Å²) in [5.41, 5.74) is 3.26. The van der Waals surface area contributed by atoms with Gasteiger partial charge in [-0.1, -0.05) is 23.3 Å². The molecule has 0 bridgehead atoms. The molecule has 1 fully saturated rings. The van der Waals surface area contributed by atoms with Crippen LogP contribution in [0.15, 0.2) is 40.3 Å². The molecule has 0 unspecified atom stereocenters. The SMILES string of the molecule is CSc1ccccc1N1C(=O)[C@H]2CC(C)=C(C)C[C@H]2C1=O. The second-order valence-electron chi connectivity index (χ2n) is 5.87. The van der Waals surface area contributed by atoms with E-state index >= 15 is 0 Å². The van der Waals surface area contributed by atoms with Crippen molar-refractivity contribution < 1.29 is 9.59 Å². The van der Waals surface area contributed by atoms with Crippen LogP contribution in [0.2, 0.25) is 0 Å². The van der Waals surface area contributed by atoms with E-state index in [4.69, 9.17) is 0 Å². The Hall–Kier alpha value is -1.55. The highest BCUT2D eigenvalue weighted by Crippen LogP contribution is 2.43. The van der Waals surface area contributed by atoms with Crippen LogP contribution in [0.5, 0.6) is 0 Å². The summed E-state index contributed by atoms with van der Waals surface area (Å²) in [7, 11) is 0. The van der Waals surface area contributed by atoms with Crippen molar-refractivity contribution in [1.82, 2.24) is 0 Å². The van der Waals surface area contributed by atoms with Crippen molar-refractivity contribution in [3.8, 4) is 0 Å². The maximum atomic E-state index is 12.7. The zero-order valence-electron chi connectivity index (χ0n) is 12.6. The van der Waals surface area contributed by atoms with Crippen molar-refractivity contribution >= 4 is 29.3 Å². The first-order valence-electron chi connectivity index (χ1n) is 7.20. The largest absolute Gasteiger partial charge is 0.274 e. The van der Waals surface area contributed by atoms with Gasteiger partial charge in [0.2, 0.25) is 11.8 Å². The number of thioether (sulfide) groups is 1. The fourth-order valence-electron chi connectivity index (χ4n) is 3.30. The zero-order valence-corrected chi connectivity index (χ0v) is 13.4. The van der Waals surface area contributed by atoms with Crippen LogP contribution >= 0.6 is 11.8 Å². The van der Waals surface area contributed by atoms with Crippen LogP contribution in [0.25, 0.3) is 0 Å². The molecule has 0 saturated carbocycles. The van der Waals surface area contributed by atoms with Gasteiger partial charge in [0.05, 0.1) is 17.5 Å². The quantitative estimate of drug-likeness (QED) is 0.475. The number of rotatable bonds is 2. The van der Waals surface area contributed by atoms with E-state index in [0.29, 0.717) is 0 Å². The van der Waals surface area contributed by atoms with E-state index in [1.54, 1.807) is 11.8 Å². The summed E-state index contributed by atoms with van der Waals surface area (Å²) in [6.45, 7) is 4.14. The Morgan fingerprint density at radius 1 is 1.00 bits per heavy atom. The van der Waals surface area contributed by atoms with E-state index in [2.05, 4.69) is 13.8 Å². The van der Waals surface area contributed by atoms with Crippen LogP contribution in [-0.2, 0) is 9.59 Å². The molecule has 3 nitrogen and oxygen atoms in total.